The van der Waals surface area contributed by atoms with Gasteiger partial charge >= 0.3 is 0 Å². The number of fused-ring (bicyclic) bond motifs is 1. The van der Waals surface area contributed by atoms with Crippen molar-refractivity contribution in [2.75, 3.05) is 19.6 Å². The number of hydrogen-bond donors (Lipinski definition) is 1. The lowest BCUT2D eigenvalue weighted by Gasteiger charge is -2.32. The summed E-state index contributed by atoms with van der Waals surface area (Å²) < 4.78 is 0. The molecule has 0 aromatic heterocycles. The third-order valence-electron chi connectivity index (χ3n) is 2.96. The molecular weight excluding hydrogens is 172 g/mol. The van der Waals surface area contributed by atoms with Crippen LogP contribution in [0.4, 0.5) is 0 Å². The van der Waals surface area contributed by atoms with E-state index < -0.39 is 0 Å². The molecule has 1 aromatic carbocycles. The number of rotatable bonds is 2. The largest absolute Gasteiger partial charge is 0.329 e. The van der Waals surface area contributed by atoms with Gasteiger partial charge in [-0.3, -0.25) is 4.90 Å². The molecule has 0 aliphatic carbocycles. The van der Waals surface area contributed by atoms with E-state index in [9.17, 15) is 0 Å². The van der Waals surface area contributed by atoms with E-state index in [2.05, 4.69) is 36.1 Å². The summed E-state index contributed by atoms with van der Waals surface area (Å²) in [6.07, 6.45) is 0. The molecule has 0 radical (unpaired) electrons. The van der Waals surface area contributed by atoms with Crippen molar-refractivity contribution in [3.05, 3.63) is 35.4 Å². The van der Waals surface area contributed by atoms with Crippen LogP contribution in [0.5, 0.6) is 0 Å². The highest BCUT2D eigenvalue weighted by Gasteiger charge is 2.20. The van der Waals surface area contributed by atoms with Gasteiger partial charge in [0.2, 0.25) is 0 Å². The smallest absolute Gasteiger partial charge is 0.0237 e. The van der Waals surface area contributed by atoms with Crippen molar-refractivity contribution >= 4 is 0 Å². The van der Waals surface area contributed by atoms with Gasteiger partial charge in [0.05, 0.1) is 0 Å². The molecule has 1 unspecified atom stereocenters. The summed E-state index contributed by atoms with van der Waals surface area (Å²) in [4.78, 5) is 2.44. The molecule has 1 atom stereocenters. The Morgan fingerprint density at radius 1 is 1.43 bits per heavy atom. The zero-order valence-corrected chi connectivity index (χ0v) is 8.74. The second-order valence-corrected chi connectivity index (χ2v) is 4.12. The Bertz CT molecular complexity index is 309. The van der Waals surface area contributed by atoms with Crippen LogP contribution in [0, 0.1) is 0 Å². The van der Waals surface area contributed by atoms with Crippen LogP contribution in [-0.4, -0.2) is 24.5 Å². The molecule has 1 aromatic rings. The van der Waals surface area contributed by atoms with Gasteiger partial charge < -0.3 is 5.73 Å². The molecule has 0 saturated carbocycles. The lowest BCUT2D eigenvalue weighted by atomic mass is 9.91. The van der Waals surface area contributed by atoms with E-state index in [1.165, 1.54) is 11.1 Å². The van der Waals surface area contributed by atoms with Gasteiger partial charge in [-0.15, -0.1) is 0 Å². The first-order chi connectivity index (χ1) is 6.81. The molecule has 2 heteroatoms. The van der Waals surface area contributed by atoms with Crippen LogP contribution < -0.4 is 5.73 Å². The summed E-state index contributed by atoms with van der Waals surface area (Å²) >= 11 is 0. The van der Waals surface area contributed by atoms with Crippen molar-refractivity contribution in [1.29, 1.82) is 0 Å². The molecule has 1 aliphatic rings. The van der Waals surface area contributed by atoms with Gasteiger partial charge in [0.1, 0.15) is 0 Å². The Kier molecular flexibility index (Phi) is 2.85. The molecule has 1 aliphatic heterocycles. The van der Waals surface area contributed by atoms with Gasteiger partial charge in [0.25, 0.3) is 0 Å². The summed E-state index contributed by atoms with van der Waals surface area (Å²) in [5.41, 5.74) is 8.57. The number of hydrogen-bond acceptors (Lipinski definition) is 2. The summed E-state index contributed by atoms with van der Waals surface area (Å²) in [5.74, 6) is 0.645. The molecule has 2 N–H and O–H groups in total. The molecule has 0 spiro atoms. The van der Waals surface area contributed by atoms with Gasteiger partial charge in [0.15, 0.2) is 0 Å². The van der Waals surface area contributed by atoms with Crippen LogP contribution in [0.3, 0.4) is 0 Å². The number of benzene rings is 1. The maximum atomic E-state index is 5.58. The lowest BCUT2D eigenvalue weighted by Crippen LogP contribution is -2.36. The second-order valence-electron chi connectivity index (χ2n) is 4.12. The van der Waals surface area contributed by atoms with E-state index >= 15 is 0 Å². The van der Waals surface area contributed by atoms with E-state index in [1.54, 1.807) is 0 Å². The number of nitrogens with zero attached hydrogens (tertiary/aromatic N) is 1. The van der Waals surface area contributed by atoms with Crippen molar-refractivity contribution in [3.8, 4) is 0 Å². The zero-order valence-electron chi connectivity index (χ0n) is 8.74. The van der Waals surface area contributed by atoms with E-state index in [1.807, 2.05) is 0 Å². The monoisotopic (exact) mass is 190 g/mol. The fraction of sp³-hybridized carbons (Fsp3) is 0.500. The predicted octanol–water partition coefficient (Wildman–Crippen LogP) is 1.56. The molecule has 2 rings (SSSR count). The van der Waals surface area contributed by atoms with Gasteiger partial charge in [0, 0.05) is 26.2 Å². The highest BCUT2D eigenvalue weighted by atomic mass is 15.1. The highest BCUT2D eigenvalue weighted by Crippen LogP contribution is 2.26. The van der Waals surface area contributed by atoms with Crippen molar-refractivity contribution in [2.45, 2.75) is 19.4 Å². The first kappa shape index (κ1) is 9.69. The summed E-state index contributed by atoms with van der Waals surface area (Å²) in [5, 5.41) is 0. The van der Waals surface area contributed by atoms with Crippen LogP contribution in [0.2, 0.25) is 0 Å². The first-order valence-corrected chi connectivity index (χ1v) is 5.31. The summed E-state index contributed by atoms with van der Waals surface area (Å²) in [7, 11) is 0. The summed E-state index contributed by atoms with van der Waals surface area (Å²) in [6.45, 7) is 6.28. The van der Waals surface area contributed by atoms with Crippen molar-refractivity contribution in [3.63, 3.8) is 0 Å². The normalized spacial score (nSPS) is 22.0. The molecule has 0 saturated heterocycles. The standard InChI is InChI=1S/C12H18N2/c1-10-8-14(7-6-13)9-11-4-2-3-5-12(10)11/h2-5,10H,6-9,13H2,1H3. The molecule has 0 fully saturated rings. The number of nitrogens with two attached hydrogens (primary N) is 1. The molecule has 76 valence electrons. The van der Waals surface area contributed by atoms with Crippen LogP contribution in [0.15, 0.2) is 24.3 Å². The first-order valence-electron chi connectivity index (χ1n) is 5.31. The van der Waals surface area contributed by atoms with Gasteiger partial charge in [-0.2, -0.15) is 0 Å². The Labute approximate surface area is 85.7 Å². The van der Waals surface area contributed by atoms with E-state index in [4.69, 9.17) is 5.73 Å². The van der Waals surface area contributed by atoms with Crippen LogP contribution in [0.1, 0.15) is 24.0 Å². The lowest BCUT2D eigenvalue weighted by molar-refractivity contribution is 0.241. The van der Waals surface area contributed by atoms with Crippen molar-refractivity contribution in [1.82, 2.24) is 4.90 Å². The molecule has 14 heavy (non-hydrogen) atoms. The van der Waals surface area contributed by atoms with Gasteiger partial charge in [-0.1, -0.05) is 31.2 Å². The minimum absolute atomic E-state index is 0.645. The SMILES string of the molecule is CC1CN(CCN)Cc2ccccc21. The average molecular weight is 190 g/mol. The van der Waals surface area contributed by atoms with Crippen LogP contribution in [0.25, 0.3) is 0 Å². The predicted molar refractivity (Wildman–Crippen MR) is 59.2 cm³/mol. The van der Waals surface area contributed by atoms with Crippen molar-refractivity contribution in [2.24, 2.45) is 5.73 Å². The van der Waals surface area contributed by atoms with Crippen molar-refractivity contribution < 1.29 is 0 Å². The van der Waals surface area contributed by atoms with E-state index in [0.717, 1.165) is 26.2 Å². The quantitative estimate of drug-likeness (QED) is 0.767. The third kappa shape index (κ3) is 1.81. The molecule has 0 amide bonds. The minimum atomic E-state index is 0.645. The Morgan fingerprint density at radius 3 is 3.00 bits per heavy atom. The van der Waals surface area contributed by atoms with Crippen LogP contribution >= 0.6 is 0 Å². The van der Waals surface area contributed by atoms with Crippen LogP contribution in [-0.2, 0) is 6.54 Å². The zero-order chi connectivity index (χ0) is 9.97. The molecule has 0 bridgehead atoms. The molecule has 2 nitrogen and oxygen atoms in total. The fourth-order valence-electron chi connectivity index (χ4n) is 2.30. The fourth-order valence-corrected chi connectivity index (χ4v) is 2.30. The maximum Gasteiger partial charge on any atom is 0.0237 e. The van der Waals surface area contributed by atoms with Gasteiger partial charge in [-0.05, 0) is 17.0 Å². The van der Waals surface area contributed by atoms with E-state index in [0.29, 0.717) is 5.92 Å². The Hall–Kier alpha value is -0.860. The molecular formula is C12H18N2. The Morgan fingerprint density at radius 2 is 2.21 bits per heavy atom. The molecule has 1 heterocycles. The van der Waals surface area contributed by atoms with E-state index in [-0.39, 0.29) is 0 Å². The Balaban J connectivity index is 2.20. The summed E-state index contributed by atoms with van der Waals surface area (Å²) in [6, 6.07) is 8.74. The topological polar surface area (TPSA) is 29.3 Å². The van der Waals surface area contributed by atoms with Gasteiger partial charge in [-0.25, -0.2) is 0 Å². The third-order valence-corrected chi connectivity index (χ3v) is 2.96. The highest BCUT2D eigenvalue weighted by molar-refractivity contribution is 5.32. The minimum Gasteiger partial charge on any atom is -0.329 e. The maximum absolute atomic E-state index is 5.58. The second kappa shape index (κ2) is 4.11. The average Bonchev–Trinajstić information content (AvgIpc) is 2.18.